The molecule has 2 heterocycles. The van der Waals surface area contributed by atoms with Crippen molar-refractivity contribution in [3.63, 3.8) is 0 Å². The topological polar surface area (TPSA) is 57.4 Å². The normalized spacial score (nSPS) is 22.6. The maximum atomic E-state index is 13.3. The van der Waals surface area contributed by atoms with Crippen LogP contribution in [0.1, 0.15) is 46.2 Å². The number of nitrogens with two attached hydrogens (primary N) is 1. The van der Waals surface area contributed by atoms with Gasteiger partial charge in [0.1, 0.15) is 5.82 Å². The van der Waals surface area contributed by atoms with E-state index in [4.69, 9.17) is 15.0 Å². The number of hydrogen-bond donors (Lipinski definition) is 1. The molecule has 0 spiro atoms. The summed E-state index contributed by atoms with van der Waals surface area (Å²) in [7, 11) is -0.619. The van der Waals surface area contributed by atoms with Crippen LogP contribution in [0.15, 0.2) is 12.3 Å². The fourth-order valence-corrected chi connectivity index (χ4v) is 1.98. The van der Waals surface area contributed by atoms with Crippen molar-refractivity contribution in [1.82, 2.24) is 4.98 Å². The fraction of sp³-hybridized carbons (Fsp3) is 0.615. The third-order valence-corrected chi connectivity index (χ3v) is 3.88. The molecular weight excluding hydrogens is 246 g/mol. The average molecular weight is 266 g/mol. The van der Waals surface area contributed by atoms with Crippen LogP contribution in [0.3, 0.4) is 0 Å². The van der Waals surface area contributed by atoms with E-state index in [1.54, 1.807) is 6.92 Å². The lowest BCUT2D eigenvalue weighted by Gasteiger charge is -2.32. The summed E-state index contributed by atoms with van der Waals surface area (Å²) in [5.41, 5.74) is 6.12. The van der Waals surface area contributed by atoms with Crippen LogP contribution in [0.25, 0.3) is 0 Å². The molecule has 0 amide bonds. The van der Waals surface area contributed by atoms with Crippen LogP contribution in [-0.2, 0) is 9.31 Å². The molecule has 1 aromatic rings. The molecule has 0 radical (unpaired) electrons. The van der Waals surface area contributed by atoms with E-state index < -0.39 is 24.1 Å². The van der Waals surface area contributed by atoms with E-state index in [0.717, 1.165) is 6.20 Å². The van der Waals surface area contributed by atoms with Gasteiger partial charge in [-0.25, -0.2) is 4.39 Å². The molecule has 19 heavy (non-hydrogen) atoms. The molecule has 1 unspecified atom stereocenters. The first-order chi connectivity index (χ1) is 8.64. The smallest absolute Gasteiger partial charge is 0.398 e. The van der Waals surface area contributed by atoms with Crippen LogP contribution in [-0.4, -0.2) is 23.3 Å². The van der Waals surface area contributed by atoms with Gasteiger partial charge >= 0.3 is 7.12 Å². The summed E-state index contributed by atoms with van der Waals surface area (Å²) in [6, 6.07) is 1.05. The Kier molecular flexibility index (Phi) is 3.45. The van der Waals surface area contributed by atoms with Crippen LogP contribution < -0.4 is 11.3 Å². The lowest BCUT2D eigenvalue weighted by molar-refractivity contribution is 0.00578. The third-order valence-electron chi connectivity index (χ3n) is 3.88. The van der Waals surface area contributed by atoms with E-state index in [0.29, 0.717) is 11.2 Å². The second-order valence-corrected chi connectivity index (χ2v) is 6.00. The van der Waals surface area contributed by atoms with E-state index in [9.17, 15) is 4.39 Å². The van der Waals surface area contributed by atoms with E-state index in [1.807, 2.05) is 27.7 Å². The Bertz CT molecular complexity index is 476. The van der Waals surface area contributed by atoms with Gasteiger partial charge in [-0.05, 0) is 46.2 Å². The largest absolute Gasteiger partial charge is 0.514 e. The predicted molar refractivity (Wildman–Crippen MR) is 72.5 cm³/mol. The molecule has 104 valence electrons. The number of rotatable bonds is 2. The molecular formula is C13H20BFN2O2. The number of aromatic nitrogens is 1. The molecule has 1 aliphatic rings. The molecule has 0 aromatic carbocycles. The molecule has 1 aliphatic heterocycles. The summed E-state index contributed by atoms with van der Waals surface area (Å²) in [5.74, 6) is -0.410. The summed E-state index contributed by atoms with van der Waals surface area (Å²) >= 11 is 0. The van der Waals surface area contributed by atoms with Crippen molar-refractivity contribution in [3.8, 4) is 0 Å². The summed E-state index contributed by atoms with van der Waals surface area (Å²) < 4.78 is 25.1. The van der Waals surface area contributed by atoms with Crippen molar-refractivity contribution in [1.29, 1.82) is 0 Å². The maximum absolute atomic E-state index is 13.3. The zero-order valence-electron chi connectivity index (χ0n) is 12.0. The van der Waals surface area contributed by atoms with Gasteiger partial charge in [0.2, 0.25) is 0 Å². The van der Waals surface area contributed by atoms with Gasteiger partial charge in [0.05, 0.1) is 23.0 Å². The second-order valence-electron chi connectivity index (χ2n) is 6.00. The summed E-state index contributed by atoms with van der Waals surface area (Å²) in [5, 5.41) is 0. The monoisotopic (exact) mass is 266 g/mol. The van der Waals surface area contributed by atoms with Crippen molar-refractivity contribution in [2.45, 2.75) is 51.9 Å². The molecule has 0 bridgehead atoms. The Morgan fingerprint density at radius 2 is 1.79 bits per heavy atom. The van der Waals surface area contributed by atoms with Crippen LogP contribution in [0.4, 0.5) is 4.39 Å². The highest BCUT2D eigenvalue weighted by molar-refractivity contribution is 6.61. The predicted octanol–water partition coefficient (Wildman–Crippen LogP) is 1.54. The highest BCUT2D eigenvalue weighted by atomic mass is 19.1. The van der Waals surface area contributed by atoms with E-state index in [-0.39, 0.29) is 6.04 Å². The van der Waals surface area contributed by atoms with Gasteiger partial charge in [-0.2, -0.15) is 0 Å². The Hall–Kier alpha value is -0.975. The van der Waals surface area contributed by atoms with Gasteiger partial charge in [-0.15, -0.1) is 0 Å². The van der Waals surface area contributed by atoms with Crippen LogP contribution in [0.5, 0.6) is 0 Å². The van der Waals surface area contributed by atoms with Gasteiger partial charge in [0, 0.05) is 6.04 Å². The number of nitrogens with zero attached hydrogens (tertiary/aromatic N) is 1. The Morgan fingerprint density at radius 1 is 1.26 bits per heavy atom. The molecule has 0 aliphatic carbocycles. The van der Waals surface area contributed by atoms with E-state index >= 15 is 0 Å². The maximum Gasteiger partial charge on any atom is 0.514 e. The SMILES string of the molecule is CC(N)c1cc(F)cnc1B1OC(C)(C)C(C)(C)O1. The van der Waals surface area contributed by atoms with E-state index in [2.05, 4.69) is 4.98 Å². The standard InChI is InChI=1S/C13H20BFN2O2/c1-8(16)10-6-9(15)7-17-11(10)14-18-12(2,3)13(4,5)19-14/h6-8H,16H2,1-5H3. The molecule has 4 nitrogen and oxygen atoms in total. The molecule has 6 heteroatoms. The summed E-state index contributed by atoms with van der Waals surface area (Å²) in [6.07, 6.45) is 1.16. The molecule has 1 atom stereocenters. The number of hydrogen-bond acceptors (Lipinski definition) is 4. The summed E-state index contributed by atoms with van der Waals surface area (Å²) in [6.45, 7) is 9.62. The van der Waals surface area contributed by atoms with Crippen molar-refractivity contribution in [3.05, 3.63) is 23.6 Å². The molecule has 0 saturated carbocycles. The second kappa shape index (κ2) is 4.54. The summed E-state index contributed by atoms with van der Waals surface area (Å²) in [4.78, 5) is 4.11. The molecule has 2 rings (SSSR count). The molecule has 2 N–H and O–H groups in total. The molecule has 1 aromatic heterocycles. The average Bonchev–Trinajstić information content (AvgIpc) is 2.47. The van der Waals surface area contributed by atoms with Gasteiger partial charge in [0.15, 0.2) is 0 Å². The zero-order valence-corrected chi connectivity index (χ0v) is 12.0. The van der Waals surface area contributed by atoms with Crippen LogP contribution in [0.2, 0.25) is 0 Å². The minimum absolute atomic E-state index is 0.336. The molecule has 1 saturated heterocycles. The van der Waals surface area contributed by atoms with Gasteiger partial charge in [-0.1, -0.05) is 0 Å². The lowest BCUT2D eigenvalue weighted by atomic mass is 9.79. The van der Waals surface area contributed by atoms with Crippen molar-refractivity contribution in [2.24, 2.45) is 5.73 Å². The fourth-order valence-electron chi connectivity index (χ4n) is 1.98. The van der Waals surface area contributed by atoms with Gasteiger partial charge in [-0.3, -0.25) is 4.98 Å². The first kappa shape index (κ1) is 14.4. The Balaban J connectivity index is 2.39. The third kappa shape index (κ3) is 2.52. The van der Waals surface area contributed by atoms with E-state index in [1.165, 1.54) is 6.07 Å². The Labute approximate surface area is 113 Å². The number of pyridine rings is 1. The van der Waals surface area contributed by atoms with Gasteiger partial charge in [0.25, 0.3) is 0 Å². The first-order valence-electron chi connectivity index (χ1n) is 6.40. The minimum atomic E-state index is -0.619. The first-order valence-corrected chi connectivity index (χ1v) is 6.40. The Morgan fingerprint density at radius 3 is 2.26 bits per heavy atom. The van der Waals surface area contributed by atoms with Crippen LogP contribution >= 0.6 is 0 Å². The highest BCUT2D eigenvalue weighted by Crippen LogP contribution is 2.36. The van der Waals surface area contributed by atoms with Crippen molar-refractivity contribution in [2.75, 3.05) is 0 Å². The number of halogens is 1. The quantitative estimate of drug-likeness (QED) is 0.825. The van der Waals surface area contributed by atoms with Gasteiger partial charge < -0.3 is 15.0 Å². The lowest BCUT2D eigenvalue weighted by Crippen LogP contribution is -2.41. The van der Waals surface area contributed by atoms with Crippen molar-refractivity contribution >= 4 is 12.7 Å². The minimum Gasteiger partial charge on any atom is -0.398 e. The van der Waals surface area contributed by atoms with Crippen molar-refractivity contribution < 1.29 is 13.7 Å². The molecule has 1 fully saturated rings. The highest BCUT2D eigenvalue weighted by Gasteiger charge is 2.53. The zero-order chi connectivity index (χ0) is 14.4. The van der Waals surface area contributed by atoms with Crippen LogP contribution in [0, 0.1) is 5.82 Å².